The van der Waals surface area contributed by atoms with Crippen LogP contribution in [-0.2, 0) is 10.4 Å². The number of halogens is 4. The molecule has 0 spiro atoms. The first-order valence-electron chi connectivity index (χ1n) is 15.0. The van der Waals surface area contributed by atoms with Gasteiger partial charge in [0.1, 0.15) is 11.3 Å². The Labute approximate surface area is 254 Å². The molecule has 3 aromatic heterocycles. The average Bonchev–Trinajstić information content (AvgIpc) is 3.72. The molecule has 0 saturated heterocycles. The van der Waals surface area contributed by atoms with E-state index in [1.54, 1.807) is 6.20 Å². The molecule has 45 heavy (non-hydrogen) atoms. The van der Waals surface area contributed by atoms with E-state index in [-0.39, 0.29) is 73.5 Å². The fourth-order valence-corrected chi connectivity index (χ4v) is 6.61. The van der Waals surface area contributed by atoms with Crippen LogP contribution in [0, 0.1) is 11.8 Å². The van der Waals surface area contributed by atoms with Crippen molar-refractivity contribution < 1.29 is 42.0 Å². The molecule has 0 radical (unpaired) electrons. The number of aliphatic hydroxyl groups excluding tert-OH is 1. The van der Waals surface area contributed by atoms with Gasteiger partial charge in [-0.1, -0.05) is 18.0 Å². The zero-order valence-electron chi connectivity index (χ0n) is 24.2. The summed E-state index contributed by atoms with van der Waals surface area (Å²) in [5.41, 5.74) is -0.670. The highest BCUT2D eigenvalue weighted by Crippen LogP contribution is 2.44. The highest BCUT2D eigenvalue weighted by Gasteiger charge is 2.46. The Kier molecular flexibility index (Phi) is 8.22. The van der Waals surface area contributed by atoms with Crippen molar-refractivity contribution in [2.24, 2.45) is 16.8 Å². The number of nitrogens with one attached hydrogen (secondary N) is 1. The lowest BCUT2D eigenvalue weighted by molar-refractivity contribution is -0.136. The van der Waals surface area contributed by atoms with Crippen molar-refractivity contribution in [1.29, 1.82) is 0 Å². The summed E-state index contributed by atoms with van der Waals surface area (Å²) in [7, 11) is 0. The van der Waals surface area contributed by atoms with Crippen LogP contribution in [0.4, 0.5) is 17.6 Å². The predicted molar refractivity (Wildman–Crippen MR) is 148 cm³/mol. The number of aromatic nitrogens is 5. The molecule has 3 aliphatic rings. The maximum atomic E-state index is 14.0. The van der Waals surface area contributed by atoms with Gasteiger partial charge < -0.3 is 15.5 Å². The summed E-state index contributed by atoms with van der Waals surface area (Å²) in [6.07, 6.45) is 3.83. The normalized spacial score (nSPS) is 22.8. The van der Waals surface area contributed by atoms with Gasteiger partial charge in [0.05, 0.1) is 18.1 Å². The van der Waals surface area contributed by atoms with E-state index in [9.17, 15) is 37.4 Å². The minimum absolute atomic E-state index is 0.0248. The lowest BCUT2D eigenvalue weighted by atomic mass is 9.78. The second kappa shape index (κ2) is 11.9. The third-order valence-electron chi connectivity index (χ3n) is 9.15. The Morgan fingerprint density at radius 3 is 2.51 bits per heavy atom. The summed E-state index contributed by atoms with van der Waals surface area (Å²) in [4.78, 5) is 34.0. The van der Waals surface area contributed by atoms with Crippen LogP contribution in [0.15, 0.2) is 28.1 Å². The van der Waals surface area contributed by atoms with Gasteiger partial charge in [0, 0.05) is 49.8 Å². The second-order valence-electron chi connectivity index (χ2n) is 12.6. The molecule has 12 nitrogen and oxygen atoms in total. The standard InChI is InChI=1S/C29H33F4N7O5/c30-28(31)7-3-17(4-8-28)19(14-34-26(43)23-24(39-45-38-23)27(44)5-1-2-6-27)20-15-40-21(36-20)10-18(13-35-40)25(42)37-22(41)9-16-11-29(32,33)12-16/h10,13-17,19,25,42,44H,1-9,11-12H2,(H,37,41)/t19?,25-/m1/s1. The molecule has 3 heterocycles. The zero-order valence-corrected chi connectivity index (χ0v) is 24.2. The van der Waals surface area contributed by atoms with Crippen molar-refractivity contribution in [3.05, 3.63) is 41.1 Å². The van der Waals surface area contributed by atoms with Crippen molar-refractivity contribution in [3.8, 4) is 0 Å². The minimum atomic E-state index is -2.79. The average molecular weight is 636 g/mol. The lowest BCUT2D eigenvalue weighted by Gasteiger charge is -2.34. The first kappa shape index (κ1) is 31.2. The molecule has 0 aromatic carbocycles. The van der Waals surface area contributed by atoms with E-state index >= 15 is 0 Å². The van der Waals surface area contributed by atoms with Gasteiger partial charge in [-0.05, 0) is 48.7 Å². The highest BCUT2D eigenvalue weighted by molar-refractivity contribution is 5.99. The van der Waals surface area contributed by atoms with Gasteiger partial charge in [-0.25, -0.2) is 36.7 Å². The smallest absolute Gasteiger partial charge is 0.300 e. The van der Waals surface area contributed by atoms with E-state index in [0.717, 1.165) is 12.8 Å². The molecule has 3 aliphatic carbocycles. The van der Waals surface area contributed by atoms with Crippen LogP contribution in [-0.4, -0.2) is 65.0 Å². The number of aliphatic imine (C=N–C) groups is 1. The van der Waals surface area contributed by atoms with Gasteiger partial charge in [-0.3, -0.25) is 9.59 Å². The number of carbonyl (C=O) groups excluding carboxylic acids is 2. The molecule has 3 aromatic rings. The molecule has 6 rings (SSSR count). The summed E-state index contributed by atoms with van der Waals surface area (Å²) in [5.74, 6) is -8.37. The van der Waals surface area contributed by atoms with Crippen molar-refractivity contribution >= 4 is 23.7 Å². The zero-order chi connectivity index (χ0) is 32.0. The lowest BCUT2D eigenvalue weighted by Crippen LogP contribution is -2.39. The van der Waals surface area contributed by atoms with Crippen molar-refractivity contribution in [2.45, 2.75) is 100 Å². The Hall–Kier alpha value is -3.79. The van der Waals surface area contributed by atoms with Crippen LogP contribution >= 0.6 is 0 Å². The van der Waals surface area contributed by atoms with E-state index in [1.807, 2.05) is 0 Å². The molecule has 16 heteroatoms. The molecule has 2 atom stereocenters. The predicted octanol–water partition coefficient (Wildman–Crippen LogP) is 4.24. The number of amides is 2. The first-order valence-corrected chi connectivity index (χ1v) is 15.0. The fraction of sp³-hybridized carbons (Fsp3) is 0.621. The summed E-state index contributed by atoms with van der Waals surface area (Å²) < 4.78 is 60.4. The molecule has 3 N–H and O–H groups in total. The number of fused-ring (bicyclic) bond motifs is 1. The number of aliphatic hydroxyl groups is 2. The summed E-state index contributed by atoms with van der Waals surface area (Å²) in [5, 5.41) is 35.5. The monoisotopic (exact) mass is 635 g/mol. The SMILES string of the molecule is O=C(CC1CC(F)(F)C1)N[C@H](O)c1cnn2cc(C(C=NC(=O)c3nonc3C3(O)CCCC3)C3CCC(F)(F)CC3)nc2c1. The van der Waals surface area contributed by atoms with E-state index in [1.165, 1.54) is 23.0 Å². The van der Waals surface area contributed by atoms with E-state index in [4.69, 9.17) is 4.63 Å². The van der Waals surface area contributed by atoms with Crippen molar-refractivity contribution in [3.63, 3.8) is 0 Å². The van der Waals surface area contributed by atoms with E-state index in [2.05, 4.69) is 30.7 Å². The number of hydrogen-bond donors (Lipinski definition) is 3. The maximum Gasteiger partial charge on any atom is 0.300 e. The molecule has 3 saturated carbocycles. The molecule has 2 amide bonds. The van der Waals surface area contributed by atoms with Crippen LogP contribution in [0.3, 0.4) is 0 Å². The van der Waals surface area contributed by atoms with Crippen LogP contribution in [0.2, 0.25) is 0 Å². The fourth-order valence-electron chi connectivity index (χ4n) is 6.61. The van der Waals surface area contributed by atoms with Crippen LogP contribution < -0.4 is 5.32 Å². The number of imidazole rings is 1. The minimum Gasteiger partial charge on any atom is -0.383 e. The molecule has 242 valence electrons. The van der Waals surface area contributed by atoms with E-state index in [0.29, 0.717) is 18.5 Å². The molecular formula is C29H33F4N7O5. The molecular weight excluding hydrogens is 602 g/mol. The summed E-state index contributed by atoms with van der Waals surface area (Å²) in [6, 6.07) is 1.48. The van der Waals surface area contributed by atoms with Crippen LogP contribution in [0.25, 0.3) is 5.65 Å². The molecule has 1 unspecified atom stereocenters. The Morgan fingerprint density at radius 1 is 1.11 bits per heavy atom. The van der Waals surface area contributed by atoms with Gasteiger partial charge in [0.25, 0.3) is 0 Å². The van der Waals surface area contributed by atoms with Gasteiger partial charge in [0.15, 0.2) is 11.9 Å². The third kappa shape index (κ3) is 6.76. The van der Waals surface area contributed by atoms with Gasteiger partial charge in [-0.15, -0.1) is 0 Å². The van der Waals surface area contributed by atoms with Gasteiger partial charge in [-0.2, -0.15) is 5.10 Å². The summed E-state index contributed by atoms with van der Waals surface area (Å²) in [6.45, 7) is 0. The number of alkyl halides is 4. The Bertz CT molecular complexity index is 1580. The molecule has 0 bridgehead atoms. The first-order chi connectivity index (χ1) is 21.3. The number of carbonyl (C=O) groups is 2. The van der Waals surface area contributed by atoms with E-state index < -0.39 is 47.3 Å². The Morgan fingerprint density at radius 2 is 1.82 bits per heavy atom. The van der Waals surface area contributed by atoms with Crippen LogP contribution in [0.1, 0.15) is 110 Å². The van der Waals surface area contributed by atoms with Crippen LogP contribution in [0.5, 0.6) is 0 Å². The van der Waals surface area contributed by atoms with Gasteiger partial charge >= 0.3 is 5.91 Å². The Balaban J connectivity index is 1.21. The highest BCUT2D eigenvalue weighted by atomic mass is 19.3. The topological polar surface area (TPSA) is 168 Å². The second-order valence-corrected chi connectivity index (χ2v) is 12.6. The summed E-state index contributed by atoms with van der Waals surface area (Å²) >= 11 is 0. The quantitative estimate of drug-likeness (QED) is 0.177. The third-order valence-corrected chi connectivity index (χ3v) is 9.15. The van der Waals surface area contributed by atoms with Crippen molar-refractivity contribution in [1.82, 2.24) is 30.2 Å². The number of nitrogens with zero attached hydrogens (tertiary/aromatic N) is 6. The van der Waals surface area contributed by atoms with Crippen molar-refractivity contribution in [2.75, 3.05) is 0 Å². The van der Waals surface area contributed by atoms with Gasteiger partial charge in [0.2, 0.25) is 23.4 Å². The largest absolute Gasteiger partial charge is 0.383 e. The number of hydrogen-bond acceptors (Lipinski definition) is 9. The number of rotatable bonds is 9. The molecule has 3 fully saturated rings. The maximum absolute atomic E-state index is 14.0. The molecule has 0 aliphatic heterocycles.